The third kappa shape index (κ3) is 6.03. The summed E-state index contributed by atoms with van der Waals surface area (Å²) in [7, 11) is 0. The maximum Gasteiger partial charge on any atom is 0.534 e. The summed E-state index contributed by atoms with van der Waals surface area (Å²) in [6.07, 6.45) is 1.93. The van der Waals surface area contributed by atoms with Crippen LogP contribution in [0.25, 0.3) is 0 Å². The quantitative estimate of drug-likeness (QED) is 0.451. The lowest BCUT2D eigenvalue weighted by atomic mass is 10.1. The van der Waals surface area contributed by atoms with Crippen LogP contribution in [0.3, 0.4) is 0 Å². The van der Waals surface area contributed by atoms with Gasteiger partial charge in [-0.2, -0.15) is 0 Å². The van der Waals surface area contributed by atoms with Gasteiger partial charge in [-0.1, -0.05) is 29.3 Å². The van der Waals surface area contributed by atoms with Crippen molar-refractivity contribution in [1.82, 2.24) is 9.96 Å². The second kappa shape index (κ2) is 9.03. The predicted octanol–water partition coefficient (Wildman–Crippen LogP) is 3.91. The number of amides is 3. The van der Waals surface area contributed by atoms with E-state index in [2.05, 4.69) is 4.84 Å². The number of hydrogen-bond acceptors (Lipinski definition) is 7. The second-order valence-electron chi connectivity index (χ2n) is 9.94. The smallest absolute Gasteiger partial charge is 0.444 e. The molecule has 3 amide bonds. The third-order valence-electron chi connectivity index (χ3n) is 5.87. The molecule has 0 N–H and O–H groups in total. The first-order valence-electron chi connectivity index (χ1n) is 11.4. The van der Waals surface area contributed by atoms with E-state index in [-0.39, 0.29) is 37.5 Å². The Labute approximate surface area is 192 Å². The van der Waals surface area contributed by atoms with Gasteiger partial charge in [0.1, 0.15) is 12.2 Å². The number of hydroxylamine groups is 2. The van der Waals surface area contributed by atoms with Gasteiger partial charge in [-0.05, 0) is 57.1 Å². The van der Waals surface area contributed by atoms with Gasteiger partial charge in [-0.25, -0.2) is 9.59 Å². The van der Waals surface area contributed by atoms with Gasteiger partial charge in [-0.3, -0.25) is 14.4 Å². The van der Waals surface area contributed by atoms with Crippen LogP contribution in [0.5, 0.6) is 0 Å². The molecule has 1 aromatic rings. The van der Waals surface area contributed by atoms with Crippen molar-refractivity contribution in [3.8, 4) is 0 Å². The van der Waals surface area contributed by atoms with Crippen LogP contribution in [-0.2, 0) is 30.5 Å². The Morgan fingerprint density at radius 3 is 2.27 bits per heavy atom. The zero-order valence-electron chi connectivity index (χ0n) is 19.2. The molecule has 0 aromatic heterocycles. The highest BCUT2D eigenvalue weighted by atomic mass is 16.8. The standard InChI is InChI=1S/C24H30N2O7/c1-24(2,3)32-22(29)25(13-15-4-5-15)19-12-18(19)17-8-6-16(7-9-17)14-31-23(30)33-26-20(27)10-11-21(26)28/h6-9,15,18-19H,4-5,10-14H2,1-3H3/t18?,19-/m0/s1. The minimum atomic E-state index is -1.10. The molecule has 3 fully saturated rings. The zero-order chi connectivity index (χ0) is 23.8. The Kier molecular flexibility index (Phi) is 6.32. The number of carbonyl (C=O) groups is 4. The second-order valence-corrected chi connectivity index (χ2v) is 9.94. The Balaban J connectivity index is 1.29. The lowest BCUT2D eigenvalue weighted by molar-refractivity contribution is -0.177. The summed E-state index contributed by atoms with van der Waals surface area (Å²) in [6, 6.07) is 7.76. The van der Waals surface area contributed by atoms with Crippen LogP contribution < -0.4 is 0 Å². The van der Waals surface area contributed by atoms with Crippen molar-refractivity contribution in [1.29, 1.82) is 0 Å². The van der Waals surface area contributed by atoms with Crippen molar-refractivity contribution < 1.29 is 33.5 Å². The average Bonchev–Trinajstić information content (AvgIpc) is 3.66. The van der Waals surface area contributed by atoms with Crippen LogP contribution in [0, 0.1) is 5.92 Å². The van der Waals surface area contributed by atoms with Gasteiger partial charge < -0.3 is 14.4 Å². The van der Waals surface area contributed by atoms with Gasteiger partial charge in [0.05, 0.1) is 0 Å². The highest BCUT2D eigenvalue weighted by molar-refractivity contribution is 6.01. The van der Waals surface area contributed by atoms with Crippen LogP contribution in [0.4, 0.5) is 9.59 Å². The summed E-state index contributed by atoms with van der Waals surface area (Å²) in [5.41, 5.74) is 1.33. The van der Waals surface area contributed by atoms with Crippen molar-refractivity contribution >= 4 is 24.1 Å². The topological polar surface area (TPSA) is 102 Å². The van der Waals surface area contributed by atoms with Gasteiger partial charge in [0.2, 0.25) is 0 Å². The Morgan fingerprint density at radius 2 is 1.70 bits per heavy atom. The zero-order valence-corrected chi connectivity index (χ0v) is 19.2. The maximum absolute atomic E-state index is 12.7. The average molecular weight is 459 g/mol. The minimum Gasteiger partial charge on any atom is -0.444 e. The predicted molar refractivity (Wildman–Crippen MR) is 116 cm³/mol. The van der Waals surface area contributed by atoms with Crippen molar-refractivity contribution in [2.24, 2.45) is 5.92 Å². The van der Waals surface area contributed by atoms with Crippen LogP contribution in [-0.4, -0.2) is 52.2 Å². The lowest BCUT2D eigenvalue weighted by Gasteiger charge is -2.28. The van der Waals surface area contributed by atoms with Crippen LogP contribution in [0.1, 0.15) is 69.9 Å². The molecule has 0 radical (unpaired) electrons. The number of nitrogens with zero attached hydrogens (tertiary/aromatic N) is 2. The monoisotopic (exact) mass is 458 g/mol. The van der Waals surface area contributed by atoms with Gasteiger partial charge in [-0.15, -0.1) is 0 Å². The van der Waals surface area contributed by atoms with E-state index in [0.717, 1.165) is 36.9 Å². The largest absolute Gasteiger partial charge is 0.534 e. The highest BCUT2D eigenvalue weighted by Crippen LogP contribution is 2.46. The van der Waals surface area contributed by atoms with E-state index >= 15 is 0 Å². The van der Waals surface area contributed by atoms with Crippen molar-refractivity contribution in [3.63, 3.8) is 0 Å². The molecule has 1 aromatic carbocycles. The fraction of sp³-hybridized carbons (Fsp3) is 0.583. The molecule has 0 bridgehead atoms. The fourth-order valence-corrected chi connectivity index (χ4v) is 3.89. The first-order chi connectivity index (χ1) is 15.6. The number of benzene rings is 1. The molecule has 9 heteroatoms. The molecule has 9 nitrogen and oxygen atoms in total. The summed E-state index contributed by atoms with van der Waals surface area (Å²) in [6.45, 7) is 6.33. The molecule has 1 heterocycles. The van der Waals surface area contributed by atoms with E-state index in [9.17, 15) is 19.2 Å². The van der Waals surface area contributed by atoms with E-state index in [1.165, 1.54) is 0 Å². The highest BCUT2D eigenvalue weighted by Gasteiger charge is 2.47. The molecule has 2 atom stereocenters. The van der Waals surface area contributed by atoms with Crippen molar-refractivity contribution in [2.45, 2.75) is 77.0 Å². The Hall–Kier alpha value is -3.10. The SMILES string of the molecule is CC(C)(C)OC(=O)N(CC1CC1)[C@H]1CC1c1ccc(COC(=O)ON2C(=O)CCC2=O)cc1. The van der Waals surface area contributed by atoms with Gasteiger partial charge in [0, 0.05) is 31.3 Å². The van der Waals surface area contributed by atoms with Gasteiger partial charge in [0.25, 0.3) is 11.8 Å². The molecule has 3 aliphatic rings. The summed E-state index contributed by atoms with van der Waals surface area (Å²) in [4.78, 5) is 54.1. The molecule has 33 heavy (non-hydrogen) atoms. The van der Waals surface area contributed by atoms with Crippen molar-refractivity contribution in [2.75, 3.05) is 6.54 Å². The molecule has 4 rings (SSSR count). The summed E-state index contributed by atoms with van der Waals surface area (Å²) in [5.74, 6) is -0.280. The summed E-state index contributed by atoms with van der Waals surface area (Å²) in [5, 5.41) is 0.455. The number of carbonyl (C=O) groups excluding carboxylic acids is 4. The van der Waals surface area contributed by atoms with Crippen LogP contribution in [0.2, 0.25) is 0 Å². The number of hydrogen-bond donors (Lipinski definition) is 0. The normalized spacial score (nSPS) is 22.2. The number of ether oxygens (including phenoxy) is 2. The first kappa shape index (κ1) is 23.1. The lowest BCUT2D eigenvalue weighted by Crippen LogP contribution is -2.40. The number of rotatable bonds is 7. The first-order valence-corrected chi connectivity index (χ1v) is 11.4. The van der Waals surface area contributed by atoms with E-state index in [1.54, 1.807) is 0 Å². The Bertz CT molecular complexity index is 917. The fourth-order valence-electron chi connectivity index (χ4n) is 3.89. The van der Waals surface area contributed by atoms with E-state index in [0.29, 0.717) is 11.0 Å². The maximum atomic E-state index is 12.7. The molecular formula is C24H30N2O7. The molecular weight excluding hydrogens is 428 g/mol. The summed E-state index contributed by atoms with van der Waals surface area (Å²) < 4.78 is 10.6. The molecule has 0 spiro atoms. The Morgan fingerprint density at radius 1 is 1.06 bits per heavy atom. The number of imide groups is 1. The van der Waals surface area contributed by atoms with Crippen molar-refractivity contribution in [3.05, 3.63) is 35.4 Å². The van der Waals surface area contributed by atoms with E-state index < -0.39 is 23.6 Å². The third-order valence-corrected chi connectivity index (χ3v) is 5.87. The van der Waals surface area contributed by atoms with E-state index in [4.69, 9.17) is 9.47 Å². The molecule has 1 unspecified atom stereocenters. The van der Waals surface area contributed by atoms with Gasteiger partial charge >= 0.3 is 12.2 Å². The molecule has 2 saturated carbocycles. The molecule has 178 valence electrons. The molecule has 1 saturated heterocycles. The molecule has 2 aliphatic carbocycles. The minimum absolute atomic E-state index is 0.0295. The van der Waals surface area contributed by atoms with Crippen LogP contribution in [0.15, 0.2) is 24.3 Å². The molecule has 1 aliphatic heterocycles. The van der Waals surface area contributed by atoms with Crippen LogP contribution >= 0.6 is 0 Å². The van der Waals surface area contributed by atoms with Gasteiger partial charge in [0.15, 0.2) is 0 Å². The summed E-state index contributed by atoms with van der Waals surface area (Å²) >= 11 is 0. The van der Waals surface area contributed by atoms with E-state index in [1.807, 2.05) is 49.9 Å².